The molecule has 3 aromatic rings. The van der Waals surface area contributed by atoms with Crippen LogP contribution in [-0.2, 0) is 0 Å². The Bertz CT molecular complexity index is 1310. The number of rotatable bonds is 7. The number of alkyl halides is 2. The molecule has 2 aromatic carbocycles. The first kappa shape index (κ1) is 28.6. The molecule has 5 rings (SSSR count). The van der Waals surface area contributed by atoms with Crippen molar-refractivity contribution in [3.8, 4) is 22.8 Å². The van der Waals surface area contributed by atoms with Crippen molar-refractivity contribution in [2.24, 2.45) is 0 Å². The monoisotopic (exact) mass is 561 g/mol. The third-order valence-corrected chi connectivity index (χ3v) is 7.35. The molecule has 0 spiro atoms. The molecule has 3 atom stereocenters. The molecular weight excluding hydrogens is 528 g/mol. The zero-order valence-corrected chi connectivity index (χ0v) is 23.0. The number of aromatic nitrogens is 2. The lowest BCUT2D eigenvalue weighted by atomic mass is 9.97. The standard InChI is InChI=1S/C28H33F2N5O3.ClH/c1-16-11-18(28(36)32-19-5-4-10-31-15-19)6-8-20(16)22-14-26-33-21(13-23(27(29)30)35(26)34-22)17-7-9-24(37-2)25(12-17)38-3;/h6-9,11-12,14,19,21,23,27,31,33H,4-5,10,13,15H2,1-3H3,(H,32,36);1H. The van der Waals surface area contributed by atoms with E-state index >= 15 is 0 Å². The number of anilines is 1. The molecule has 0 radical (unpaired) electrons. The molecule has 0 saturated carbocycles. The number of methoxy groups -OCH3 is 2. The summed E-state index contributed by atoms with van der Waals surface area (Å²) in [4.78, 5) is 12.8. The fraction of sp³-hybridized carbons (Fsp3) is 0.429. The van der Waals surface area contributed by atoms with Crippen molar-refractivity contribution in [2.45, 2.75) is 50.7 Å². The molecule has 8 nitrogen and oxygen atoms in total. The Kier molecular flexibility index (Phi) is 8.97. The molecular formula is C28H34ClF2N5O3. The summed E-state index contributed by atoms with van der Waals surface area (Å²) in [5.74, 6) is 1.52. The van der Waals surface area contributed by atoms with Gasteiger partial charge in [0, 0.05) is 29.8 Å². The summed E-state index contributed by atoms with van der Waals surface area (Å²) in [7, 11) is 3.10. The van der Waals surface area contributed by atoms with E-state index in [-0.39, 0.29) is 36.8 Å². The Morgan fingerprint density at radius 3 is 2.59 bits per heavy atom. The number of fused-ring (bicyclic) bond motifs is 1. The van der Waals surface area contributed by atoms with E-state index in [0.717, 1.165) is 42.6 Å². The van der Waals surface area contributed by atoms with Crippen LogP contribution in [0.25, 0.3) is 11.3 Å². The van der Waals surface area contributed by atoms with E-state index in [1.54, 1.807) is 32.4 Å². The molecule has 3 heterocycles. The zero-order valence-electron chi connectivity index (χ0n) is 22.2. The van der Waals surface area contributed by atoms with Crippen LogP contribution in [0.5, 0.6) is 11.5 Å². The second-order valence-corrected chi connectivity index (χ2v) is 9.85. The van der Waals surface area contributed by atoms with E-state index in [9.17, 15) is 13.6 Å². The minimum absolute atomic E-state index is 0. The number of nitrogens with zero attached hydrogens (tertiary/aromatic N) is 2. The van der Waals surface area contributed by atoms with Gasteiger partial charge in [-0.2, -0.15) is 5.10 Å². The second kappa shape index (κ2) is 12.2. The second-order valence-electron chi connectivity index (χ2n) is 9.85. The smallest absolute Gasteiger partial charge is 0.260 e. The van der Waals surface area contributed by atoms with Gasteiger partial charge in [-0.05, 0) is 68.1 Å². The molecule has 1 aromatic heterocycles. The lowest BCUT2D eigenvalue weighted by Gasteiger charge is -2.32. The molecule has 2 aliphatic rings. The maximum absolute atomic E-state index is 14.2. The lowest BCUT2D eigenvalue weighted by Crippen LogP contribution is -2.45. The van der Waals surface area contributed by atoms with Crippen molar-refractivity contribution in [1.82, 2.24) is 20.4 Å². The number of benzene rings is 2. The molecule has 210 valence electrons. The minimum Gasteiger partial charge on any atom is -0.493 e. The molecule has 1 fully saturated rings. The fourth-order valence-electron chi connectivity index (χ4n) is 5.30. The number of ether oxygens (including phenoxy) is 2. The maximum atomic E-state index is 14.2. The zero-order chi connectivity index (χ0) is 26.8. The summed E-state index contributed by atoms with van der Waals surface area (Å²) in [5, 5.41) is 14.3. The van der Waals surface area contributed by atoms with E-state index in [2.05, 4.69) is 21.0 Å². The highest BCUT2D eigenvalue weighted by atomic mass is 35.5. The average Bonchev–Trinajstić information content (AvgIpc) is 3.36. The largest absolute Gasteiger partial charge is 0.493 e. The van der Waals surface area contributed by atoms with Gasteiger partial charge in [0.2, 0.25) is 0 Å². The molecule has 3 unspecified atom stereocenters. The number of halogens is 3. The van der Waals surface area contributed by atoms with Crippen molar-refractivity contribution in [1.29, 1.82) is 0 Å². The predicted octanol–water partition coefficient (Wildman–Crippen LogP) is 5.14. The highest BCUT2D eigenvalue weighted by molar-refractivity contribution is 5.95. The lowest BCUT2D eigenvalue weighted by molar-refractivity contribution is 0.0659. The van der Waals surface area contributed by atoms with Crippen molar-refractivity contribution in [3.63, 3.8) is 0 Å². The molecule has 1 saturated heterocycles. The summed E-state index contributed by atoms with van der Waals surface area (Å²) in [6.45, 7) is 3.65. The van der Waals surface area contributed by atoms with Crippen LogP contribution in [0.2, 0.25) is 0 Å². The van der Waals surface area contributed by atoms with Crippen LogP contribution in [-0.4, -0.2) is 55.5 Å². The number of hydrogen-bond acceptors (Lipinski definition) is 6. The normalized spacial score (nSPS) is 20.4. The topological polar surface area (TPSA) is 89.4 Å². The van der Waals surface area contributed by atoms with Gasteiger partial charge in [0.25, 0.3) is 12.3 Å². The van der Waals surface area contributed by atoms with E-state index < -0.39 is 12.5 Å². The summed E-state index contributed by atoms with van der Waals surface area (Å²) in [6.07, 6.45) is -0.435. The van der Waals surface area contributed by atoms with Crippen molar-refractivity contribution in [3.05, 3.63) is 59.2 Å². The summed E-state index contributed by atoms with van der Waals surface area (Å²) in [6, 6.07) is 11.3. The van der Waals surface area contributed by atoms with Crippen LogP contribution in [0.1, 0.15) is 52.8 Å². The quantitative estimate of drug-likeness (QED) is 0.370. The van der Waals surface area contributed by atoms with Crippen LogP contribution in [0.15, 0.2) is 42.5 Å². The van der Waals surface area contributed by atoms with Crippen LogP contribution < -0.4 is 25.4 Å². The molecule has 11 heteroatoms. The van der Waals surface area contributed by atoms with Gasteiger partial charge < -0.3 is 25.4 Å². The highest BCUT2D eigenvalue weighted by Gasteiger charge is 2.35. The minimum atomic E-state index is -2.59. The van der Waals surface area contributed by atoms with Gasteiger partial charge in [0.05, 0.1) is 26.0 Å². The molecule has 3 N–H and O–H groups in total. The molecule has 0 bridgehead atoms. The molecule has 2 aliphatic heterocycles. The predicted molar refractivity (Wildman–Crippen MR) is 149 cm³/mol. The first-order valence-corrected chi connectivity index (χ1v) is 12.9. The van der Waals surface area contributed by atoms with Gasteiger partial charge in [-0.15, -0.1) is 12.4 Å². The van der Waals surface area contributed by atoms with Crippen molar-refractivity contribution < 1.29 is 23.0 Å². The van der Waals surface area contributed by atoms with E-state index in [0.29, 0.717) is 28.6 Å². The first-order valence-electron chi connectivity index (χ1n) is 12.9. The van der Waals surface area contributed by atoms with Crippen LogP contribution in [0.3, 0.4) is 0 Å². The van der Waals surface area contributed by atoms with Gasteiger partial charge in [-0.1, -0.05) is 12.1 Å². The number of nitrogens with one attached hydrogen (secondary N) is 3. The Morgan fingerprint density at radius 1 is 1.13 bits per heavy atom. The SMILES string of the molecule is COc1ccc(C2CC(C(F)F)n3nc(-c4ccc(C(=O)NC5CCCNC5)cc4C)cc3N2)cc1OC.Cl. The Labute approximate surface area is 232 Å². The summed E-state index contributed by atoms with van der Waals surface area (Å²) in [5.41, 5.74) is 3.60. The van der Waals surface area contributed by atoms with Gasteiger partial charge >= 0.3 is 0 Å². The number of hydrogen-bond donors (Lipinski definition) is 3. The van der Waals surface area contributed by atoms with Crippen LogP contribution in [0, 0.1) is 6.92 Å². The van der Waals surface area contributed by atoms with E-state index in [1.165, 1.54) is 4.68 Å². The van der Waals surface area contributed by atoms with Crippen LogP contribution >= 0.6 is 12.4 Å². The summed E-state index contributed by atoms with van der Waals surface area (Å²) >= 11 is 0. The Morgan fingerprint density at radius 2 is 1.92 bits per heavy atom. The summed E-state index contributed by atoms with van der Waals surface area (Å²) < 4.78 is 40.5. The van der Waals surface area contributed by atoms with Gasteiger partial charge in [0.1, 0.15) is 11.9 Å². The third kappa shape index (κ3) is 5.96. The van der Waals surface area contributed by atoms with Gasteiger partial charge in [-0.3, -0.25) is 4.79 Å². The number of carbonyl (C=O) groups excluding carboxylic acids is 1. The Hall–Kier alpha value is -3.37. The average molecular weight is 562 g/mol. The van der Waals surface area contributed by atoms with Gasteiger partial charge in [-0.25, -0.2) is 13.5 Å². The highest BCUT2D eigenvalue weighted by Crippen LogP contribution is 2.41. The van der Waals surface area contributed by atoms with E-state index in [1.807, 2.05) is 31.2 Å². The number of carbonyl (C=O) groups is 1. The van der Waals surface area contributed by atoms with Gasteiger partial charge in [0.15, 0.2) is 11.5 Å². The number of aryl methyl sites for hydroxylation is 1. The number of amides is 1. The van der Waals surface area contributed by atoms with Crippen molar-refractivity contribution in [2.75, 3.05) is 32.6 Å². The number of piperidine rings is 1. The fourth-order valence-corrected chi connectivity index (χ4v) is 5.30. The molecule has 1 amide bonds. The molecule has 0 aliphatic carbocycles. The Balaban J connectivity index is 0.00000353. The van der Waals surface area contributed by atoms with Crippen LogP contribution in [0.4, 0.5) is 14.6 Å². The molecule has 39 heavy (non-hydrogen) atoms. The first-order chi connectivity index (χ1) is 18.4. The van der Waals surface area contributed by atoms with Crippen molar-refractivity contribution >= 4 is 24.1 Å². The maximum Gasteiger partial charge on any atom is 0.260 e. The van der Waals surface area contributed by atoms with E-state index in [4.69, 9.17) is 9.47 Å². The third-order valence-electron chi connectivity index (χ3n) is 7.35.